The normalized spacial score (nSPS) is 11.1. The van der Waals surface area contributed by atoms with E-state index in [0.29, 0.717) is 22.1 Å². The van der Waals surface area contributed by atoms with Gasteiger partial charge in [0.1, 0.15) is 0 Å². The lowest BCUT2D eigenvalue weighted by Crippen LogP contribution is -2.32. The summed E-state index contributed by atoms with van der Waals surface area (Å²) in [7, 11) is 0. The molecular formula is C27H28N6O4S. The SMILES string of the molecule is CC(C)(C)n1ccc(C(=O)NCC(=O)Nc2nc(-c3cccc(-c4ccnc(CNC(=O)O)c4)c3)cs2)c1. The summed E-state index contributed by atoms with van der Waals surface area (Å²) >= 11 is 1.29. The molecule has 3 heterocycles. The topological polar surface area (TPSA) is 138 Å². The number of benzene rings is 1. The van der Waals surface area contributed by atoms with Crippen molar-refractivity contribution in [2.75, 3.05) is 11.9 Å². The molecule has 0 aliphatic rings. The molecule has 0 unspecified atom stereocenters. The fourth-order valence-electron chi connectivity index (χ4n) is 3.62. The van der Waals surface area contributed by atoms with E-state index in [1.165, 1.54) is 11.3 Å². The van der Waals surface area contributed by atoms with Crippen LogP contribution in [0.15, 0.2) is 66.4 Å². The molecule has 4 rings (SSSR count). The Labute approximate surface area is 223 Å². The first kappa shape index (κ1) is 26.6. The van der Waals surface area contributed by atoms with E-state index in [0.717, 1.165) is 16.7 Å². The van der Waals surface area contributed by atoms with Gasteiger partial charge >= 0.3 is 6.09 Å². The Kier molecular flexibility index (Phi) is 7.87. The van der Waals surface area contributed by atoms with Gasteiger partial charge in [-0.1, -0.05) is 18.2 Å². The fraction of sp³-hybridized carbons (Fsp3) is 0.222. The van der Waals surface area contributed by atoms with Gasteiger partial charge in [-0.25, -0.2) is 9.78 Å². The number of carbonyl (C=O) groups excluding carboxylic acids is 2. The number of aromatic nitrogens is 3. The second-order valence-corrected chi connectivity index (χ2v) is 10.4. The van der Waals surface area contributed by atoms with Crippen molar-refractivity contribution in [2.45, 2.75) is 32.9 Å². The number of hydrogen-bond donors (Lipinski definition) is 4. The van der Waals surface area contributed by atoms with E-state index in [-0.39, 0.29) is 30.4 Å². The molecule has 196 valence electrons. The van der Waals surface area contributed by atoms with Gasteiger partial charge in [0.2, 0.25) is 5.91 Å². The largest absolute Gasteiger partial charge is 0.465 e. The van der Waals surface area contributed by atoms with Crippen LogP contribution in [0.1, 0.15) is 36.8 Å². The lowest BCUT2D eigenvalue weighted by Gasteiger charge is -2.20. The fourth-order valence-corrected chi connectivity index (χ4v) is 4.35. The van der Waals surface area contributed by atoms with Crippen LogP contribution >= 0.6 is 11.3 Å². The maximum absolute atomic E-state index is 12.4. The van der Waals surface area contributed by atoms with E-state index in [9.17, 15) is 14.4 Å². The number of hydrogen-bond acceptors (Lipinski definition) is 6. The van der Waals surface area contributed by atoms with Gasteiger partial charge in [0.15, 0.2) is 5.13 Å². The Bertz CT molecular complexity index is 1470. The van der Waals surface area contributed by atoms with Crippen molar-refractivity contribution in [1.82, 2.24) is 25.2 Å². The van der Waals surface area contributed by atoms with Crippen LogP contribution in [0, 0.1) is 0 Å². The number of amides is 3. The van der Waals surface area contributed by atoms with Crippen LogP contribution in [0.4, 0.5) is 9.93 Å². The van der Waals surface area contributed by atoms with Crippen molar-refractivity contribution in [3.8, 4) is 22.4 Å². The predicted molar refractivity (Wildman–Crippen MR) is 146 cm³/mol. The number of anilines is 1. The molecule has 0 fully saturated rings. The van der Waals surface area contributed by atoms with Crippen molar-refractivity contribution in [3.05, 3.63) is 77.7 Å². The van der Waals surface area contributed by atoms with Crippen molar-refractivity contribution in [2.24, 2.45) is 0 Å². The van der Waals surface area contributed by atoms with Crippen molar-refractivity contribution < 1.29 is 19.5 Å². The molecule has 38 heavy (non-hydrogen) atoms. The Hall–Kier alpha value is -4.51. The number of nitrogens with one attached hydrogen (secondary N) is 3. The summed E-state index contributed by atoms with van der Waals surface area (Å²) in [6, 6.07) is 13.1. The molecule has 0 bridgehead atoms. The highest BCUT2D eigenvalue weighted by Crippen LogP contribution is 2.29. The van der Waals surface area contributed by atoms with Gasteiger partial charge in [0.05, 0.1) is 30.0 Å². The van der Waals surface area contributed by atoms with E-state index in [1.807, 2.05) is 73.3 Å². The predicted octanol–water partition coefficient (Wildman–Crippen LogP) is 4.56. The highest BCUT2D eigenvalue weighted by Gasteiger charge is 2.16. The first-order valence-corrected chi connectivity index (χ1v) is 12.7. The van der Waals surface area contributed by atoms with Crippen LogP contribution in [0.2, 0.25) is 0 Å². The zero-order chi connectivity index (χ0) is 27.3. The number of rotatable bonds is 8. The zero-order valence-electron chi connectivity index (χ0n) is 21.2. The summed E-state index contributed by atoms with van der Waals surface area (Å²) in [5, 5.41) is 18.8. The van der Waals surface area contributed by atoms with Crippen LogP contribution in [-0.2, 0) is 16.9 Å². The number of pyridine rings is 1. The third-order valence-electron chi connectivity index (χ3n) is 5.62. The lowest BCUT2D eigenvalue weighted by atomic mass is 10.0. The number of nitrogens with zero attached hydrogens (tertiary/aromatic N) is 3. The van der Waals surface area contributed by atoms with Gasteiger partial charge in [-0.05, 0) is 56.2 Å². The summed E-state index contributed by atoms with van der Waals surface area (Å²) in [6.07, 6.45) is 4.12. The Morgan fingerprint density at radius 2 is 1.79 bits per heavy atom. The molecule has 11 heteroatoms. The van der Waals surface area contributed by atoms with Gasteiger partial charge in [-0.15, -0.1) is 11.3 Å². The first-order valence-electron chi connectivity index (χ1n) is 11.8. The minimum Gasteiger partial charge on any atom is -0.465 e. The molecule has 4 aromatic rings. The molecule has 0 aliphatic heterocycles. The van der Waals surface area contributed by atoms with E-state index in [1.54, 1.807) is 18.5 Å². The summed E-state index contributed by atoms with van der Waals surface area (Å²) in [6.45, 7) is 6.06. The standard InChI is InChI=1S/C27H28N6O4S/c1-27(2,3)33-10-8-20(15-33)24(35)29-14-23(34)32-25-31-22(16-38-25)19-6-4-5-17(11-19)18-7-9-28-21(12-18)13-30-26(36)37/h4-12,15-16,30H,13-14H2,1-3H3,(H,29,35)(H,36,37)(H,31,32,34). The van der Waals surface area contributed by atoms with Crippen LogP contribution in [0.3, 0.4) is 0 Å². The van der Waals surface area contributed by atoms with Crippen LogP contribution in [0.5, 0.6) is 0 Å². The number of carboxylic acid groups (broad SMARTS) is 1. The third-order valence-corrected chi connectivity index (χ3v) is 6.38. The molecule has 3 amide bonds. The van der Waals surface area contributed by atoms with Gasteiger partial charge in [0.25, 0.3) is 5.91 Å². The van der Waals surface area contributed by atoms with E-state index in [4.69, 9.17) is 5.11 Å². The first-order chi connectivity index (χ1) is 18.1. The molecule has 10 nitrogen and oxygen atoms in total. The van der Waals surface area contributed by atoms with Crippen LogP contribution in [-0.4, -0.2) is 44.1 Å². The molecule has 0 saturated heterocycles. The zero-order valence-corrected chi connectivity index (χ0v) is 22.0. The maximum Gasteiger partial charge on any atom is 0.404 e. The van der Waals surface area contributed by atoms with Gasteiger partial charge in [-0.3, -0.25) is 14.6 Å². The van der Waals surface area contributed by atoms with E-state index >= 15 is 0 Å². The van der Waals surface area contributed by atoms with E-state index in [2.05, 4.69) is 25.9 Å². The van der Waals surface area contributed by atoms with Crippen molar-refractivity contribution in [1.29, 1.82) is 0 Å². The minimum absolute atomic E-state index is 0.113. The summed E-state index contributed by atoms with van der Waals surface area (Å²) in [5.41, 5.74) is 4.32. The molecule has 0 radical (unpaired) electrons. The average molecular weight is 533 g/mol. The second-order valence-electron chi connectivity index (χ2n) is 9.52. The lowest BCUT2D eigenvalue weighted by molar-refractivity contribution is -0.115. The number of carbonyl (C=O) groups is 3. The highest BCUT2D eigenvalue weighted by atomic mass is 32.1. The number of thiazole rings is 1. The monoisotopic (exact) mass is 532 g/mol. The van der Waals surface area contributed by atoms with Crippen molar-refractivity contribution >= 4 is 34.4 Å². The summed E-state index contributed by atoms with van der Waals surface area (Å²) in [4.78, 5) is 44.3. The average Bonchev–Trinajstić information content (AvgIpc) is 3.57. The minimum atomic E-state index is -1.11. The molecule has 4 N–H and O–H groups in total. The van der Waals surface area contributed by atoms with Gasteiger partial charge in [0, 0.05) is 35.1 Å². The van der Waals surface area contributed by atoms with E-state index < -0.39 is 6.09 Å². The van der Waals surface area contributed by atoms with Gasteiger partial charge < -0.3 is 25.6 Å². The molecule has 0 atom stereocenters. The summed E-state index contributed by atoms with van der Waals surface area (Å²) < 4.78 is 1.94. The van der Waals surface area contributed by atoms with Crippen LogP contribution < -0.4 is 16.0 Å². The Morgan fingerprint density at radius 3 is 2.53 bits per heavy atom. The molecule has 0 aliphatic carbocycles. The Balaban J connectivity index is 1.37. The van der Waals surface area contributed by atoms with Gasteiger partial charge in [-0.2, -0.15) is 0 Å². The highest BCUT2D eigenvalue weighted by molar-refractivity contribution is 7.14. The molecule has 0 spiro atoms. The smallest absolute Gasteiger partial charge is 0.404 e. The van der Waals surface area contributed by atoms with Crippen LogP contribution in [0.25, 0.3) is 22.4 Å². The second kappa shape index (κ2) is 11.3. The summed E-state index contributed by atoms with van der Waals surface area (Å²) in [5.74, 6) is -0.694. The van der Waals surface area contributed by atoms with Crippen molar-refractivity contribution in [3.63, 3.8) is 0 Å². The Morgan fingerprint density at radius 1 is 1.03 bits per heavy atom. The molecular weight excluding hydrogens is 504 g/mol. The molecule has 1 aromatic carbocycles. The molecule has 3 aromatic heterocycles. The quantitative estimate of drug-likeness (QED) is 0.262. The molecule has 0 saturated carbocycles. The maximum atomic E-state index is 12.4. The third kappa shape index (κ3) is 6.83.